The number of hydrogen-bond acceptors (Lipinski definition) is 4. The molecule has 0 saturated carbocycles. The molecule has 2 aliphatic heterocycles. The van der Waals surface area contributed by atoms with Crippen LogP contribution in [0.1, 0.15) is 38.7 Å². The summed E-state index contributed by atoms with van der Waals surface area (Å²) in [5.74, 6) is 0.891. The Morgan fingerprint density at radius 1 is 1.32 bits per heavy atom. The Labute approximate surface area is 169 Å². The number of nitrogens with one attached hydrogen (secondary N) is 2. The third kappa shape index (κ3) is 6.76. The van der Waals surface area contributed by atoms with Crippen molar-refractivity contribution >= 4 is 5.96 Å². The molecule has 6 heteroatoms. The maximum atomic E-state index is 5.72. The highest BCUT2D eigenvalue weighted by molar-refractivity contribution is 5.80. The number of guanidine groups is 1. The van der Waals surface area contributed by atoms with Gasteiger partial charge in [0, 0.05) is 38.3 Å². The lowest BCUT2D eigenvalue weighted by atomic mass is 10.2. The van der Waals surface area contributed by atoms with Crippen molar-refractivity contribution in [2.24, 2.45) is 4.99 Å². The molecule has 28 heavy (non-hydrogen) atoms. The van der Waals surface area contributed by atoms with Crippen LogP contribution in [-0.2, 0) is 16.0 Å². The molecule has 0 amide bonds. The smallest absolute Gasteiger partial charge is 0.191 e. The Morgan fingerprint density at radius 3 is 2.93 bits per heavy atom. The van der Waals surface area contributed by atoms with Crippen LogP contribution in [0.25, 0.3) is 0 Å². The molecule has 2 aliphatic rings. The number of rotatable bonds is 9. The van der Waals surface area contributed by atoms with Gasteiger partial charge in [-0.1, -0.05) is 30.3 Å². The molecule has 156 valence electrons. The zero-order chi connectivity index (χ0) is 19.6. The predicted octanol–water partition coefficient (Wildman–Crippen LogP) is 2.40. The molecule has 1 aromatic carbocycles. The topological polar surface area (TPSA) is 58.1 Å². The molecule has 3 unspecified atom stereocenters. The number of aliphatic imine (C=N–C) groups is 1. The Bertz CT molecular complexity index is 589. The van der Waals surface area contributed by atoms with Gasteiger partial charge >= 0.3 is 0 Å². The zero-order valence-corrected chi connectivity index (χ0v) is 17.4. The van der Waals surface area contributed by atoms with E-state index >= 15 is 0 Å². The highest BCUT2D eigenvalue weighted by atomic mass is 16.5. The lowest BCUT2D eigenvalue weighted by Crippen LogP contribution is -2.44. The van der Waals surface area contributed by atoms with Crippen molar-refractivity contribution in [2.45, 2.75) is 57.8 Å². The van der Waals surface area contributed by atoms with E-state index in [1.54, 1.807) is 0 Å². The monoisotopic (exact) mass is 388 g/mol. The fraction of sp³-hybridized carbons (Fsp3) is 0.682. The van der Waals surface area contributed by atoms with Crippen molar-refractivity contribution < 1.29 is 9.47 Å². The highest BCUT2D eigenvalue weighted by Gasteiger charge is 2.29. The van der Waals surface area contributed by atoms with Gasteiger partial charge in [0.05, 0.1) is 25.9 Å². The Kier molecular flexibility index (Phi) is 8.58. The van der Waals surface area contributed by atoms with Crippen molar-refractivity contribution in [1.29, 1.82) is 0 Å². The molecule has 2 heterocycles. The van der Waals surface area contributed by atoms with Crippen molar-refractivity contribution in [1.82, 2.24) is 15.5 Å². The van der Waals surface area contributed by atoms with Crippen LogP contribution < -0.4 is 10.6 Å². The summed E-state index contributed by atoms with van der Waals surface area (Å²) < 4.78 is 11.3. The predicted molar refractivity (Wildman–Crippen MR) is 114 cm³/mol. The van der Waals surface area contributed by atoms with Crippen LogP contribution in [0.4, 0.5) is 0 Å². The zero-order valence-electron chi connectivity index (χ0n) is 17.4. The van der Waals surface area contributed by atoms with E-state index in [1.807, 2.05) is 0 Å². The van der Waals surface area contributed by atoms with Crippen molar-refractivity contribution in [3.05, 3.63) is 35.9 Å². The standard InChI is InChI=1S/C22H36N4O2/c1-3-23-22(24-11-13-27-17-21-10-7-12-28-21)25-20-14-18(2)26(16-20)15-19-8-5-4-6-9-19/h4-6,8-9,18,20-21H,3,7,10-17H2,1-2H3,(H2,23,24,25). The van der Waals surface area contributed by atoms with Gasteiger partial charge in [-0.3, -0.25) is 9.89 Å². The first-order valence-corrected chi connectivity index (χ1v) is 10.8. The van der Waals surface area contributed by atoms with Gasteiger partial charge in [-0.25, -0.2) is 0 Å². The highest BCUT2D eigenvalue weighted by Crippen LogP contribution is 2.20. The summed E-state index contributed by atoms with van der Waals surface area (Å²) in [6.07, 6.45) is 3.69. The SMILES string of the molecule is CCNC(=NCCOCC1CCCO1)NC1CC(C)N(Cc2ccccc2)C1. The van der Waals surface area contributed by atoms with Gasteiger partial charge in [0.25, 0.3) is 0 Å². The summed E-state index contributed by atoms with van der Waals surface area (Å²) in [4.78, 5) is 7.23. The minimum absolute atomic E-state index is 0.283. The molecule has 3 atom stereocenters. The second-order valence-corrected chi connectivity index (χ2v) is 7.81. The fourth-order valence-corrected chi connectivity index (χ4v) is 3.97. The van der Waals surface area contributed by atoms with E-state index in [1.165, 1.54) is 5.56 Å². The van der Waals surface area contributed by atoms with Crippen LogP contribution in [0, 0.1) is 0 Å². The second kappa shape index (κ2) is 11.4. The number of nitrogens with zero attached hydrogens (tertiary/aromatic N) is 2. The molecular formula is C22H36N4O2. The van der Waals surface area contributed by atoms with Crippen molar-refractivity contribution in [2.75, 3.05) is 39.5 Å². The van der Waals surface area contributed by atoms with E-state index < -0.39 is 0 Å². The summed E-state index contributed by atoms with van der Waals surface area (Å²) in [6, 6.07) is 11.7. The average molecular weight is 389 g/mol. The third-order valence-electron chi connectivity index (χ3n) is 5.45. The molecule has 0 spiro atoms. The van der Waals surface area contributed by atoms with Gasteiger partial charge in [0.2, 0.25) is 0 Å². The first-order valence-electron chi connectivity index (χ1n) is 10.8. The van der Waals surface area contributed by atoms with Crippen LogP contribution in [0.5, 0.6) is 0 Å². The van der Waals surface area contributed by atoms with E-state index in [0.29, 0.717) is 31.8 Å². The number of hydrogen-bond donors (Lipinski definition) is 2. The number of ether oxygens (including phenoxy) is 2. The molecule has 2 N–H and O–H groups in total. The summed E-state index contributed by atoms with van der Waals surface area (Å²) in [5.41, 5.74) is 1.37. The fourth-order valence-electron chi connectivity index (χ4n) is 3.97. The molecule has 6 nitrogen and oxygen atoms in total. The van der Waals surface area contributed by atoms with E-state index in [0.717, 1.165) is 51.5 Å². The molecule has 2 saturated heterocycles. The summed E-state index contributed by atoms with van der Waals surface area (Å²) in [7, 11) is 0. The van der Waals surface area contributed by atoms with E-state index in [9.17, 15) is 0 Å². The largest absolute Gasteiger partial charge is 0.377 e. The number of benzene rings is 1. The molecule has 0 radical (unpaired) electrons. The molecule has 0 aliphatic carbocycles. The van der Waals surface area contributed by atoms with E-state index in [4.69, 9.17) is 9.47 Å². The van der Waals surface area contributed by atoms with Crippen molar-refractivity contribution in [3.8, 4) is 0 Å². The van der Waals surface area contributed by atoms with Gasteiger partial charge in [-0.05, 0) is 38.7 Å². The summed E-state index contributed by atoms with van der Waals surface area (Å²) in [5, 5.41) is 6.97. The first kappa shape index (κ1) is 21.1. The Morgan fingerprint density at radius 2 is 2.18 bits per heavy atom. The molecule has 3 rings (SSSR count). The summed E-state index contributed by atoms with van der Waals surface area (Å²) in [6.45, 7) is 10.2. The van der Waals surface area contributed by atoms with Crippen molar-refractivity contribution in [3.63, 3.8) is 0 Å². The van der Waals surface area contributed by atoms with Gasteiger partial charge in [0.15, 0.2) is 5.96 Å². The quantitative estimate of drug-likeness (QED) is 0.386. The van der Waals surface area contributed by atoms with E-state index in [2.05, 4.69) is 64.7 Å². The van der Waals surface area contributed by atoms with Gasteiger partial charge in [0.1, 0.15) is 0 Å². The minimum atomic E-state index is 0.283. The molecule has 1 aromatic rings. The van der Waals surface area contributed by atoms with Crippen LogP contribution in [-0.4, -0.2) is 68.5 Å². The third-order valence-corrected chi connectivity index (χ3v) is 5.45. The minimum Gasteiger partial charge on any atom is -0.377 e. The second-order valence-electron chi connectivity index (χ2n) is 7.81. The molecular weight excluding hydrogens is 352 g/mol. The first-order chi connectivity index (χ1) is 13.7. The molecule has 2 fully saturated rings. The molecule has 0 bridgehead atoms. The Hall–Kier alpha value is -1.63. The van der Waals surface area contributed by atoms with E-state index in [-0.39, 0.29) is 6.10 Å². The number of likely N-dealkylation sites (tertiary alicyclic amines) is 1. The lowest BCUT2D eigenvalue weighted by molar-refractivity contribution is 0.0200. The van der Waals surface area contributed by atoms with Gasteiger partial charge in [-0.15, -0.1) is 0 Å². The Balaban J connectivity index is 1.41. The van der Waals surface area contributed by atoms with Gasteiger partial charge in [-0.2, -0.15) is 0 Å². The lowest BCUT2D eigenvalue weighted by Gasteiger charge is -2.21. The van der Waals surface area contributed by atoms with Crippen LogP contribution in [0.2, 0.25) is 0 Å². The normalized spacial score (nSPS) is 25.9. The van der Waals surface area contributed by atoms with Crippen LogP contribution >= 0.6 is 0 Å². The molecule has 0 aromatic heterocycles. The average Bonchev–Trinajstić information content (AvgIpc) is 3.32. The maximum Gasteiger partial charge on any atom is 0.191 e. The summed E-state index contributed by atoms with van der Waals surface area (Å²) >= 11 is 0. The maximum absolute atomic E-state index is 5.72. The van der Waals surface area contributed by atoms with Crippen LogP contribution in [0.3, 0.4) is 0 Å². The van der Waals surface area contributed by atoms with Gasteiger partial charge < -0.3 is 20.1 Å². The van der Waals surface area contributed by atoms with Crippen LogP contribution in [0.15, 0.2) is 35.3 Å².